The Balaban J connectivity index is 1.68. The number of hydrogen-bond acceptors (Lipinski definition) is 4. The molecule has 166 valence electrons. The minimum absolute atomic E-state index is 0.0733. The molecule has 0 saturated heterocycles. The summed E-state index contributed by atoms with van der Waals surface area (Å²) in [6.07, 6.45) is 4.94. The third-order valence-corrected chi connectivity index (χ3v) is 5.42. The van der Waals surface area contributed by atoms with Crippen LogP contribution in [0.2, 0.25) is 0 Å². The molecule has 3 rings (SSSR count). The molecule has 0 aliphatic carbocycles. The third kappa shape index (κ3) is 5.49. The molecule has 32 heavy (non-hydrogen) atoms. The number of hydrogen-bond donors (Lipinski definition) is 1. The molecule has 1 aromatic heterocycles. The van der Waals surface area contributed by atoms with E-state index in [9.17, 15) is 14.9 Å². The Morgan fingerprint density at radius 3 is 2.56 bits per heavy atom. The van der Waals surface area contributed by atoms with Gasteiger partial charge in [0.25, 0.3) is 5.69 Å². The quantitative estimate of drug-likeness (QED) is 0.292. The highest BCUT2D eigenvalue weighted by Crippen LogP contribution is 2.21. The molecule has 0 atom stereocenters. The monoisotopic (exact) mass is 432 g/mol. The van der Waals surface area contributed by atoms with Crippen LogP contribution in [0.15, 0.2) is 59.7 Å². The van der Waals surface area contributed by atoms with Crippen LogP contribution in [0.5, 0.6) is 0 Å². The number of nitrogens with one attached hydrogen (secondary N) is 1. The molecule has 0 aliphatic heterocycles. The largest absolute Gasteiger partial charge is 0.318 e. The summed E-state index contributed by atoms with van der Waals surface area (Å²) in [5, 5.41) is 15.2. The molecule has 0 spiro atoms. The maximum atomic E-state index is 12.2. The highest BCUT2D eigenvalue weighted by Gasteiger charge is 2.15. The molecule has 0 radical (unpaired) electrons. The zero-order valence-corrected chi connectivity index (χ0v) is 18.7. The first-order valence-electron chi connectivity index (χ1n) is 10.7. The Labute approximate surface area is 187 Å². The molecule has 1 amide bonds. The fraction of sp³-hybridized carbons (Fsp3) is 0.280. The van der Waals surface area contributed by atoms with Gasteiger partial charge in [0.2, 0.25) is 5.91 Å². The number of rotatable bonds is 9. The average molecular weight is 433 g/mol. The van der Waals surface area contributed by atoms with E-state index in [1.165, 1.54) is 24.5 Å². The average Bonchev–Trinajstić information content (AvgIpc) is 3.06. The van der Waals surface area contributed by atoms with E-state index in [-0.39, 0.29) is 12.1 Å². The lowest BCUT2D eigenvalue weighted by molar-refractivity contribution is -0.385. The van der Waals surface area contributed by atoms with E-state index in [4.69, 9.17) is 0 Å². The van der Waals surface area contributed by atoms with Gasteiger partial charge in [0.05, 0.1) is 17.6 Å². The summed E-state index contributed by atoms with van der Waals surface area (Å²) in [4.78, 5) is 22.8. The SMILES string of the molecule is CCCCc1ccc(-n2c(C)cc(/C=N/NC(=O)Cc3ccccc3[N+](=O)[O-])c2C)cc1. The maximum absolute atomic E-state index is 12.2. The lowest BCUT2D eigenvalue weighted by atomic mass is 10.1. The van der Waals surface area contributed by atoms with Crippen LogP contribution in [0.4, 0.5) is 5.69 Å². The molecule has 0 fully saturated rings. The van der Waals surface area contributed by atoms with E-state index >= 15 is 0 Å². The van der Waals surface area contributed by atoms with E-state index in [0.29, 0.717) is 5.56 Å². The van der Waals surface area contributed by atoms with Gasteiger partial charge in [-0.3, -0.25) is 14.9 Å². The molecule has 7 nitrogen and oxygen atoms in total. The van der Waals surface area contributed by atoms with E-state index in [1.807, 2.05) is 19.9 Å². The fourth-order valence-electron chi connectivity index (χ4n) is 3.73. The molecular formula is C25H28N4O3. The van der Waals surface area contributed by atoms with Gasteiger partial charge in [0.15, 0.2) is 0 Å². The second-order valence-corrected chi connectivity index (χ2v) is 7.79. The lowest BCUT2D eigenvalue weighted by Gasteiger charge is -2.10. The summed E-state index contributed by atoms with van der Waals surface area (Å²) < 4.78 is 2.15. The number of carbonyl (C=O) groups excluding carboxylic acids is 1. The third-order valence-electron chi connectivity index (χ3n) is 5.42. The second-order valence-electron chi connectivity index (χ2n) is 7.79. The van der Waals surface area contributed by atoms with Crippen LogP contribution in [0.25, 0.3) is 5.69 Å². The maximum Gasteiger partial charge on any atom is 0.273 e. The summed E-state index contributed by atoms with van der Waals surface area (Å²) in [6.45, 7) is 6.23. The van der Waals surface area contributed by atoms with Gasteiger partial charge in [-0.2, -0.15) is 5.10 Å². The Bertz CT molecular complexity index is 1130. The van der Waals surface area contributed by atoms with Crippen molar-refractivity contribution in [1.29, 1.82) is 0 Å². The van der Waals surface area contributed by atoms with E-state index in [1.54, 1.807) is 24.4 Å². The number of para-hydroxylation sites is 1. The van der Waals surface area contributed by atoms with Gasteiger partial charge in [-0.15, -0.1) is 0 Å². The van der Waals surface area contributed by atoms with Crippen LogP contribution >= 0.6 is 0 Å². The molecule has 0 aliphatic rings. The smallest absolute Gasteiger partial charge is 0.273 e. The number of aryl methyl sites for hydroxylation is 2. The Morgan fingerprint density at radius 1 is 1.16 bits per heavy atom. The van der Waals surface area contributed by atoms with Crippen molar-refractivity contribution < 1.29 is 9.72 Å². The van der Waals surface area contributed by atoms with Gasteiger partial charge in [-0.25, -0.2) is 5.43 Å². The normalized spacial score (nSPS) is 11.1. The molecule has 2 aromatic carbocycles. The van der Waals surface area contributed by atoms with Crippen molar-refractivity contribution in [3.63, 3.8) is 0 Å². The summed E-state index contributed by atoms with van der Waals surface area (Å²) >= 11 is 0. The number of unbranched alkanes of at least 4 members (excludes halogenated alkanes) is 1. The molecule has 0 saturated carbocycles. The van der Waals surface area contributed by atoms with Crippen LogP contribution in [-0.4, -0.2) is 21.6 Å². The number of nitro groups is 1. The first-order valence-corrected chi connectivity index (χ1v) is 10.7. The Kier molecular flexibility index (Phi) is 7.54. The number of nitro benzene ring substituents is 1. The predicted molar refractivity (Wildman–Crippen MR) is 126 cm³/mol. The molecular weight excluding hydrogens is 404 g/mol. The van der Waals surface area contributed by atoms with Gasteiger partial charge in [-0.05, 0) is 50.5 Å². The first-order chi connectivity index (χ1) is 15.4. The van der Waals surface area contributed by atoms with Crippen LogP contribution < -0.4 is 5.43 Å². The minimum Gasteiger partial charge on any atom is -0.318 e. The number of hydrazone groups is 1. The van der Waals surface area contributed by atoms with E-state index in [0.717, 1.165) is 29.1 Å². The molecule has 7 heteroatoms. The van der Waals surface area contributed by atoms with Gasteiger partial charge < -0.3 is 4.57 Å². The first kappa shape index (κ1) is 22.9. The number of aromatic nitrogens is 1. The number of benzene rings is 2. The topological polar surface area (TPSA) is 89.5 Å². The van der Waals surface area contributed by atoms with Crippen LogP contribution in [0.1, 0.15) is 47.8 Å². The Morgan fingerprint density at radius 2 is 1.88 bits per heavy atom. The van der Waals surface area contributed by atoms with Crippen molar-refractivity contribution >= 4 is 17.8 Å². The molecule has 1 heterocycles. The summed E-state index contributed by atoms with van der Waals surface area (Å²) in [6, 6.07) is 16.8. The van der Waals surface area contributed by atoms with Crippen molar-refractivity contribution in [2.75, 3.05) is 0 Å². The van der Waals surface area contributed by atoms with Gasteiger partial charge >= 0.3 is 0 Å². The minimum atomic E-state index is -0.489. The fourth-order valence-corrected chi connectivity index (χ4v) is 3.73. The zero-order chi connectivity index (χ0) is 23.1. The summed E-state index contributed by atoms with van der Waals surface area (Å²) in [7, 11) is 0. The van der Waals surface area contributed by atoms with Crippen molar-refractivity contribution in [2.45, 2.75) is 46.5 Å². The summed E-state index contributed by atoms with van der Waals surface area (Å²) in [5.74, 6) is -0.410. The number of carbonyl (C=O) groups is 1. The number of amides is 1. The van der Waals surface area contributed by atoms with Gasteiger partial charge in [0.1, 0.15) is 0 Å². The van der Waals surface area contributed by atoms with Crippen molar-refractivity contribution in [2.24, 2.45) is 5.10 Å². The van der Waals surface area contributed by atoms with Crippen molar-refractivity contribution in [3.05, 3.63) is 92.8 Å². The second kappa shape index (κ2) is 10.5. The van der Waals surface area contributed by atoms with Crippen molar-refractivity contribution in [1.82, 2.24) is 9.99 Å². The Hall–Kier alpha value is -3.74. The van der Waals surface area contributed by atoms with Crippen LogP contribution in [-0.2, 0) is 17.6 Å². The molecule has 3 aromatic rings. The molecule has 1 N–H and O–H groups in total. The summed E-state index contributed by atoms with van der Waals surface area (Å²) in [5.41, 5.74) is 8.14. The highest BCUT2D eigenvalue weighted by molar-refractivity contribution is 5.85. The van der Waals surface area contributed by atoms with Crippen LogP contribution in [0, 0.1) is 24.0 Å². The van der Waals surface area contributed by atoms with E-state index in [2.05, 4.69) is 46.3 Å². The van der Waals surface area contributed by atoms with E-state index < -0.39 is 10.8 Å². The van der Waals surface area contributed by atoms with Crippen LogP contribution in [0.3, 0.4) is 0 Å². The van der Waals surface area contributed by atoms with Gasteiger partial charge in [0, 0.05) is 34.3 Å². The molecule has 0 bridgehead atoms. The van der Waals surface area contributed by atoms with Crippen molar-refractivity contribution in [3.8, 4) is 5.69 Å². The van der Waals surface area contributed by atoms with Gasteiger partial charge in [-0.1, -0.05) is 43.7 Å². The lowest BCUT2D eigenvalue weighted by Crippen LogP contribution is -2.20. The highest BCUT2D eigenvalue weighted by atomic mass is 16.6. The predicted octanol–water partition coefficient (Wildman–Crippen LogP) is 5.04. The number of nitrogens with zero attached hydrogens (tertiary/aromatic N) is 3. The standard InChI is InChI=1S/C25H28N4O3/c1-4-5-8-20-11-13-23(14-12-20)28-18(2)15-22(19(28)3)17-26-27-25(30)16-21-9-6-7-10-24(21)29(31)32/h6-7,9-15,17H,4-5,8,16H2,1-3H3,(H,27,30)/b26-17+. The molecule has 0 unspecified atom stereocenters. The zero-order valence-electron chi connectivity index (χ0n) is 18.7.